The molecule has 0 spiro atoms. The average Bonchev–Trinajstić information content (AvgIpc) is 1.57. The van der Waals surface area contributed by atoms with E-state index in [1.54, 1.807) is 60.7 Å². The molecule has 0 saturated carbocycles. The van der Waals surface area contributed by atoms with Gasteiger partial charge in [0.25, 0.3) is 17.8 Å². The summed E-state index contributed by atoms with van der Waals surface area (Å²) in [5, 5.41) is 8.03. The van der Waals surface area contributed by atoms with Crippen molar-refractivity contribution in [2.24, 2.45) is 0 Å². The number of hydrogen-bond acceptors (Lipinski definition) is 8. The maximum Gasteiger partial charge on any atom is 0.534 e. The van der Waals surface area contributed by atoms with E-state index in [1.165, 1.54) is 58.2 Å². The van der Waals surface area contributed by atoms with E-state index in [4.69, 9.17) is 47.5 Å². The highest BCUT2D eigenvalue weighted by Crippen LogP contribution is 2.56. The Labute approximate surface area is 774 Å². The van der Waals surface area contributed by atoms with Gasteiger partial charge in [-0.3, -0.25) is 0 Å². The molecule has 0 bridgehead atoms. The number of H-pyrrole nitrogens is 1. The molecule has 21 aromatic rings. The number of aromatic amines is 1. The van der Waals surface area contributed by atoms with Crippen LogP contribution in [0.3, 0.4) is 0 Å². The third-order valence-corrected chi connectivity index (χ3v) is 26.1. The number of para-hydroxylation sites is 6. The molecule has 0 unspecified atom stereocenters. The molecule has 1 N–H and O–H groups in total. The molecular weight excluding hydrogens is 1770 g/mol. The number of rotatable bonds is 8. The summed E-state index contributed by atoms with van der Waals surface area (Å²) >= 11 is 15.3. The minimum atomic E-state index is -3.13. The molecule has 6 heterocycles. The Kier molecular flexibility index (Phi) is 21.4. The van der Waals surface area contributed by atoms with Gasteiger partial charge in [0.2, 0.25) is 0 Å². The molecule has 0 amide bonds. The summed E-state index contributed by atoms with van der Waals surface area (Å²) in [7, 11) is -0.636. The maximum absolute atomic E-state index is 16.0. The Morgan fingerprint density at radius 3 is 0.917 bits per heavy atom. The number of halogens is 9. The summed E-state index contributed by atoms with van der Waals surface area (Å²) in [6.45, 7) is 8.07. The predicted molar refractivity (Wildman–Crippen MR) is 523 cm³/mol. The van der Waals surface area contributed by atoms with Gasteiger partial charge in [-0.2, -0.15) is 26.3 Å². The van der Waals surface area contributed by atoms with Gasteiger partial charge < -0.3 is 23.4 Å². The topological polar surface area (TPSA) is 121 Å². The van der Waals surface area contributed by atoms with Gasteiger partial charge in [0.15, 0.2) is 34.8 Å². The highest BCUT2D eigenvalue weighted by atomic mass is 79.9. The van der Waals surface area contributed by atoms with Crippen LogP contribution in [0, 0.1) is 0 Å². The molecular formula is C111H75BBrCl2F6N9O2. The van der Waals surface area contributed by atoms with Crippen molar-refractivity contribution in [2.75, 3.05) is 0 Å². The van der Waals surface area contributed by atoms with Crippen LogP contribution in [-0.2, 0) is 27.1 Å². The van der Waals surface area contributed by atoms with E-state index in [-0.39, 0.29) is 33.4 Å². The van der Waals surface area contributed by atoms with Crippen molar-refractivity contribution in [3.05, 3.63) is 424 Å². The van der Waals surface area contributed by atoms with Crippen LogP contribution in [0.1, 0.15) is 61.1 Å². The quantitative estimate of drug-likeness (QED) is 0.118. The number of hydrogen-bond donors (Lipinski definition) is 1. The summed E-state index contributed by atoms with van der Waals surface area (Å²) in [6.07, 6.45) is 0. The Morgan fingerprint density at radius 2 is 0.553 bits per heavy atom. The normalized spacial score (nSPS) is 14.5. The van der Waals surface area contributed by atoms with Gasteiger partial charge in [-0.25, -0.2) is 29.9 Å². The van der Waals surface area contributed by atoms with Crippen LogP contribution in [0.2, 0.25) is 10.0 Å². The second kappa shape index (κ2) is 33.5. The number of aromatic nitrogens is 9. The first kappa shape index (κ1) is 84.4. The number of fused-ring (bicyclic) bond motifs is 18. The summed E-state index contributed by atoms with van der Waals surface area (Å²) in [4.78, 5) is 31.8. The van der Waals surface area contributed by atoms with E-state index in [0.717, 1.165) is 81.7 Å². The van der Waals surface area contributed by atoms with E-state index in [9.17, 15) is 17.6 Å². The van der Waals surface area contributed by atoms with Crippen LogP contribution in [0.25, 0.3) is 167 Å². The van der Waals surface area contributed by atoms with E-state index >= 15 is 8.78 Å². The van der Waals surface area contributed by atoms with Crippen LogP contribution in [0.15, 0.2) is 381 Å². The third kappa shape index (κ3) is 15.1. The van der Waals surface area contributed by atoms with E-state index in [0.29, 0.717) is 83.8 Å². The molecule has 21 heteroatoms. The smallest absolute Gasteiger partial charge is 0.397 e. The lowest BCUT2D eigenvalue weighted by Crippen LogP contribution is -2.41. The fraction of sp³-hybridized carbons (Fsp3) is 0.0811. The monoisotopic (exact) mass is 1840 g/mol. The number of nitrogens with one attached hydrogen (secondary N) is 1. The number of alkyl halides is 6. The summed E-state index contributed by atoms with van der Waals surface area (Å²) < 4.78 is 108. The predicted octanol–water partition coefficient (Wildman–Crippen LogP) is 29.7. The molecule has 1 aliphatic heterocycles. The van der Waals surface area contributed by atoms with Crippen molar-refractivity contribution in [2.45, 2.75) is 56.7 Å². The van der Waals surface area contributed by atoms with Crippen molar-refractivity contribution in [1.29, 1.82) is 0 Å². The van der Waals surface area contributed by atoms with Gasteiger partial charge in [-0.05, 0) is 176 Å². The van der Waals surface area contributed by atoms with Crippen LogP contribution >= 0.6 is 39.1 Å². The highest BCUT2D eigenvalue weighted by Gasteiger charge is 2.54. The van der Waals surface area contributed by atoms with Crippen LogP contribution in [-0.4, -0.2) is 62.3 Å². The minimum absolute atomic E-state index is 0.00485. The molecule has 3 aliphatic carbocycles. The number of benzene rings is 16. The molecule has 642 valence electrons. The average molecular weight is 1840 g/mol. The molecule has 0 radical (unpaired) electrons. The van der Waals surface area contributed by atoms with Gasteiger partial charge in [0, 0.05) is 130 Å². The van der Waals surface area contributed by atoms with Gasteiger partial charge in [0.05, 0.1) is 33.3 Å². The molecule has 132 heavy (non-hydrogen) atoms. The third-order valence-electron chi connectivity index (χ3n) is 25.1. The Balaban J connectivity index is 0.000000106. The molecule has 25 rings (SSSR count). The Morgan fingerprint density at radius 1 is 0.280 bits per heavy atom. The van der Waals surface area contributed by atoms with Gasteiger partial charge in [-0.15, -0.1) is 0 Å². The lowest BCUT2D eigenvalue weighted by atomic mass is 9.89. The van der Waals surface area contributed by atoms with Gasteiger partial charge in [0.1, 0.15) is 0 Å². The van der Waals surface area contributed by atoms with E-state index in [2.05, 4.69) is 142 Å². The standard InChI is InChI=1S/C40H24F2N4.C25H14ClF2N.C21H22BN3O2.C13H6BrClF2.C12H9N/c41-40(42)33-21-19-27(39-44-37(25-11-3-1-4-12-25)43-38(45-39)26-13-5-2-6-14-26)23-31(33)32-24-28(20-22-34(32)40)46-35-17-9-7-15-29(35)30-16-8-10-18-36(30)46;26-15-9-11-21-19(13-15)20-14-16(10-12-22(20)25(21,27)28)29-23-7-3-1-5-17(23)18-6-2-4-8-24(18)29;1-20(2)21(3,4)27-22(26-20)19-24-17(15-11-7-5-8-12-15)23-18(25-19)16-13-9-6-10-14-16;14-7-1-3-11-9(5-7)10-6-8(15)2-4-12(10)13(11,16)17;1-3-7-11-9(5-1)10-6-2-4-8-12(10)13-11/h1-24H;1-14H;5-14H,1-4H3;1-6H;1-8,13H. The fourth-order valence-electron chi connectivity index (χ4n) is 18.0. The van der Waals surface area contributed by atoms with Crippen LogP contribution in [0.4, 0.5) is 26.3 Å². The van der Waals surface area contributed by atoms with Crippen molar-refractivity contribution in [1.82, 2.24) is 44.0 Å². The molecule has 5 aromatic heterocycles. The maximum atomic E-state index is 16.0. The zero-order valence-electron chi connectivity index (χ0n) is 71.2. The van der Waals surface area contributed by atoms with Crippen molar-refractivity contribution < 1.29 is 35.7 Å². The second-order valence-corrected chi connectivity index (χ2v) is 35.5. The fourth-order valence-corrected chi connectivity index (χ4v) is 18.7. The first-order valence-corrected chi connectivity index (χ1v) is 44.5. The summed E-state index contributed by atoms with van der Waals surface area (Å²) in [5.41, 5.74) is 15.1. The Hall–Kier alpha value is -14.4. The van der Waals surface area contributed by atoms with E-state index in [1.807, 2.05) is 210 Å². The van der Waals surface area contributed by atoms with Crippen molar-refractivity contribution in [3.8, 4) is 102 Å². The number of nitrogens with zero attached hydrogens (tertiary/aromatic N) is 8. The summed E-state index contributed by atoms with van der Waals surface area (Å²) in [5.74, 6) is -6.42. The van der Waals surface area contributed by atoms with Crippen molar-refractivity contribution in [3.63, 3.8) is 0 Å². The lowest BCUT2D eigenvalue weighted by molar-refractivity contribution is 0.00578. The zero-order valence-corrected chi connectivity index (χ0v) is 74.3. The molecule has 1 saturated heterocycles. The molecule has 0 atom stereocenters. The summed E-state index contributed by atoms with van der Waals surface area (Å²) in [6, 6.07) is 118. The second-order valence-electron chi connectivity index (χ2n) is 33.7. The lowest BCUT2D eigenvalue weighted by Gasteiger charge is -2.32. The molecule has 16 aromatic carbocycles. The molecule has 1 fully saturated rings. The first-order chi connectivity index (χ1) is 63.9. The largest absolute Gasteiger partial charge is 0.534 e. The highest BCUT2D eigenvalue weighted by molar-refractivity contribution is 9.10. The SMILES string of the molecule is CC1(C)OB(c2nc(-c3ccccc3)nc(-c3ccccc3)n2)OC1(C)C.FC1(F)c2ccc(-c3nc(-c4ccccc4)nc(-c4ccccc4)n3)cc2-c2cc(-n3c4ccccc4c4ccccc43)ccc21.FC1(F)c2ccc(Cl)cc2-c2cc(-n3c4ccccc4c4ccccc43)ccc21.FC1(F)c2ccc(Cl)cc2-c2cc(Br)ccc21.c1ccc2c(c1)[nH]c1ccccc12. The van der Waals surface area contributed by atoms with Crippen molar-refractivity contribution >= 4 is 117 Å². The molecule has 11 nitrogen and oxygen atoms in total. The minimum Gasteiger partial charge on any atom is -0.397 e. The van der Waals surface area contributed by atoms with Crippen LogP contribution in [0.5, 0.6) is 0 Å². The van der Waals surface area contributed by atoms with Gasteiger partial charge >= 0.3 is 7.12 Å². The van der Waals surface area contributed by atoms with Crippen LogP contribution < -0.4 is 5.72 Å². The first-order valence-electron chi connectivity index (χ1n) is 42.9. The molecule has 4 aliphatic rings. The van der Waals surface area contributed by atoms with E-state index < -0.39 is 36.1 Å². The zero-order chi connectivity index (χ0) is 90.5. The Bertz CT molecular complexity index is 7760. The van der Waals surface area contributed by atoms with Gasteiger partial charge in [-0.1, -0.05) is 300 Å².